The Hall–Kier alpha value is -1.66. The van der Waals surface area contributed by atoms with Crippen LogP contribution in [0.4, 0.5) is 0 Å². The molecule has 0 radical (unpaired) electrons. The topological polar surface area (TPSA) is 95.9 Å². The van der Waals surface area contributed by atoms with E-state index in [2.05, 4.69) is 43.5 Å². The molecule has 0 heterocycles. The lowest BCUT2D eigenvalue weighted by Crippen LogP contribution is -2.45. The van der Waals surface area contributed by atoms with Crippen LogP contribution in [0, 0.1) is 0 Å². The molecule has 6 nitrogen and oxygen atoms in total. The number of ether oxygens (including phenoxy) is 1. The van der Waals surface area contributed by atoms with Crippen LogP contribution in [0.15, 0.2) is 24.3 Å². The Kier molecular flexibility index (Phi) is 58.5. The number of amides is 1. The normalized spacial score (nSPS) is 12.7. The van der Waals surface area contributed by atoms with E-state index < -0.39 is 12.1 Å². The first-order valence-corrected chi connectivity index (χ1v) is 31.6. The van der Waals surface area contributed by atoms with E-state index in [9.17, 15) is 19.8 Å². The summed E-state index contributed by atoms with van der Waals surface area (Å²) in [6.45, 7) is 4.96. The summed E-state index contributed by atoms with van der Waals surface area (Å²) in [6.07, 6.45) is 73.4. The minimum absolute atomic E-state index is 0.0128. The van der Waals surface area contributed by atoms with Crippen LogP contribution in [-0.2, 0) is 14.3 Å². The summed E-state index contributed by atoms with van der Waals surface area (Å²) in [5, 5.41) is 23.2. The average molecular weight is 987 g/mol. The van der Waals surface area contributed by atoms with Gasteiger partial charge in [-0.05, 0) is 57.8 Å². The lowest BCUT2D eigenvalue weighted by Gasteiger charge is -2.22. The molecule has 0 aliphatic heterocycles. The number of nitrogens with one attached hydrogen (secondary N) is 1. The van der Waals surface area contributed by atoms with Crippen molar-refractivity contribution in [1.29, 1.82) is 0 Å². The first-order valence-electron chi connectivity index (χ1n) is 31.6. The Morgan fingerprint density at radius 3 is 1.09 bits per heavy atom. The van der Waals surface area contributed by atoms with Gasteiger partial charge in [-0.3, -0.25) is 9.59 Å². The second-order valence-corrected chi connectivity index (χ2v) is 21.7. The summed E-state index contributed by atoms with van der Waals surface area (Å²) in [5.41, 5.74) is 0. The molecule has 0 aromatic carbocycles. The molecule has 0 aliphatic carbocycles. The highest BCUT2D eigenvalue weighted by atomic mass is 16.5. The van der Waals surface area contributed by atoms with E-state index in [0.29, 0.717) is 25.9 Å². The number of unbranched alkanes of at least 4 members (excludes halogenated alkanes) is 44. The summed E-state index contributed by atoms with van der Waals surface area (Å²) in [7, 11) is 0. The summed E-state index contributed by atoms with van der Waals surface area (Å²) >= 11 is 0. The monoisotopic (exact) mass is 986 g/mol. The van der Waals surface area contributed by atoms with Crippen LogP contribution in [0.2, 0.25) is 0 Å². The van der Waals surface area contributed by atoms with Crippen LogP contribution >= 0.6 is 0 Å². The van der Waals surface area contributed by atoms with Gasteiger partial charge in [-0.1, -0.05) is 301 Å². The fourth-order valence-corrected chi connectivity index (χ4v) is 9.91. The van der Waals surface area contributed by atoms with E-state index in [0.717, 1.165) is 44.9 Å². The van der Waals surface area contributed by atoms with Crippen LogP contribution in [-0.4, -0.2) is 47.4 Å². The van der Waals surface area contributed by atoms with Crippen molar-refractivity contribution in [1.82, 2.24) is 5.32 Å². The molecule has 3 N–H and O–H groups in total. The van der Waals surface area contributed by atoms with E-state index in [4.69, 9.17) is 4.74 Å². The van der Waals surface area contributed by atoms with Gasteiger partial charge < -0.3 is 20.3 Å². The fraction of sp³-hybridized carbons (Fsp3) is 0.906. The number of carbonyl (C=O) groups is 2. The molecule has 0 aromatic heterocycles. The second-order valence-electron chi connectivity index (χ2n) is 21.7. The van der Waals surface area contributed by atoms with Crippen molar-refractivity contribution in [3.8, 4) is 0 Å². The zero-order valence-corrected chi connectivity index (χ0v) is 47.3. The SMILES string of the molecule is CCCCCCCCCCCCCCCCCCC(=O)OCCCCCCCCCCC/C=C\C/C=C\CCCCCCCCCCCC(=O)NC(CO)C(O)CCCCCCCCCCCCCC. The first-order chi connectivity index (χ1) is 34.5. The van der Waals surface area contributed by atoms with Crippen molar-refractivity contribution in [2.24, 2.45) is 0 Å². The summed E-state index contributed by atoms with van der Waals surface area (Å²) < 4.78 is 5.49. The van der Waals surface area contributed by atoms with E-state index in [-0.39, 0.29) is 18.5 Å². The molecule has 0 fully saturated rings. The van der Waals surface area contributed by atoms with Crippen LogP contribution in [0.25, 0.3) is 0 Å². The number of aliphatic hydroxyl groups is 2. The van der Waals surface area contributed by atoms with Crippen LogP contribution < -0.4 is 5.32 Å². The van der Waals surface area contributed by atoms with Crippen molar-refractivity contribution in [3.05, 3.63) is 24.3 Å². The van der Waals surface area contributed by atoms with Gasteiger partial charge in [0.25, 0.3) is 0 Å². The maximum Gasteiger partial charge on any atom is 0.305 e. The highest BCUT2D eigenvalue weighted by Crippen LogP contribution is 2.18. The molecule has 0 saturated carbocycles. The van der Waals surface area contributed by atoms with E-state index in [1.807, 2.05) is 0 Å². The minimum atomic E-state index is -0.667. The Labute approximate surface area is 437 Å². The third-order valence-electron chi connectivity index (χ3n) is 14.8. The van der Waals surface area contributed by atoms with Gasteiger partial charge in [0.2, 0.25) is 5.91 Å². The number of hydrogen-bond acceptors (Lipinski definition) is 5. The molecule has 0 rings (SSSR count). The Morgan fingerprint density at radius 1 is 0.400 bits per heavy atom. The molecule has 0 bridgehead atoms. The van der Waals surface area contributed by atoms with Gasteiger partial charge in [-0.25, -0.2) is 0 Å². The van der Waals surface area contributed by atoms with Crippen molar-refractivity contribution < 1.29 is 24.5 Å². The number of esters is 1. The van der Waals surface area contributed by atoms with Gasteiger partial charge in [0.15, 0.2) is 0 Å². The van der Waals surface area contributed by atoms with E-state index in [1.54, 1.807) is 0 Å². The fourth-order valence-electron chi connectivity index (χ4n) is 9.91. The molecular weight excluding hydrogens is 863 g/mol. The smallest absolute Gasteiger partial charge is 0.305 e. The molecule has 1 amide bonds. The first kappa shape index (κ1) is 68.3. The van der Waals surface area contributed by atoms with Gasteiger partial charge in [0, 0.05) is 12.8 Å². The van der Waals surface area contributed by atoms with E-state index >= 15 is 0 Å². The molecular formula is C64H123NO5. The largest absolute Gasteiger partial charge is 0.466 e. The molecule has 6 heteroatoms. The van der Waals surface area contributed by atoms with Crippen molar-refractivity contribution >= 4 is 11.9 Å². The Morgan fingerprint density at radius 2 is 0.714 bits per heavy atom. The summed E-state index contributed by atoms with van der Waals surface area (Å²) in [6, 6.07) is -0.545. The summed E-state index contributed by atoms with van der Waals surface area (Å²) in [5.74, 6) is -0.0277. The molecule has 2 atom stereocenters. The van der Waals surface area contributed by atoms with Gasteiger partial charge >= 0.3 is 5.97 Å². The number of hydrogen-bond donors (Lipinski definition) is 3. The van der Waals surface area contributed by atoms with Gasteiger partial charge in [-0.15, -0.1) is 0 Å². The highest BCUT2D eigenvalue weighted by molar-refractivity contribution is 5.76. The molecule has 70 heavy (non-hydrogen) atoms. The summed E-state index contributed by atoms with van der Waals surface area (Å²) in [4.78, 5) is 24.5. The maximum atomic E-state index is 12.5. The number of rotatable bonds is 59. The highest BCUT2D eigenvalue weighted by Gasteiger charge is 2.20. The van der Waals surface area contributed by atoms with Gasteiger partial charge in [0.05, 0.1) is 25.4 Å². The third kappa shape index (κ3) is 55.7. The molecule has 2 unspecified atom stereocenters. The van der Waals surface area contributed by atoms with E-state index in [1.165, 1.54) is 270 Å². The molecule has 0 aliphatic rings. The lowest BCUT2D eigenvalue weighted by atomic mass is 10.0. The van der Waals surface area contributed by atoms with Crippen molar-refractivity contribution in [3.63, 3.8) is 0 Å². The average Bonchev–Trinajstić information content (AvgIpc) is 3.36. The minimum Gasteiger partial charge on any atom is -0.466 e. The van der Waals surface area contributed by atoms with Gasteiger partial charge in [0.1, 0.15) is 0 Å². The van der Waals surface area contributed by atoms with Crippen molar-refractivity contribution in [2.75, 3.05) is 13.2 Å². The molecule has 0 aromatic rings. The van der Waals surface area contributed by atoms with Crippen LogP contribution in [0.3, 0.4) is 0 Å². The molecule has 414 valence electrons. The van der Waals surface area contributed by atoms with Crippen LogP contribution in [0.5, 0.6) is 0 Å². The third-order valence-corrected chi connectivity index (χ3v) is 14.8. The predicted molar refractivity (Wildman–Crippen MR) is 306 cm³/mol. The van der Waals surface area contributed by atoms with Crippen molar-refractivity contribution in [2.45, 2.75) is 360 Å². The molecule has 0 spiro atoms. The predicted octanol–water partition coefficient (Wildman–Crippen LogP) is 19.8. The lowest BCUT2D eigenvalue weighted by molar-refractivity contribution is -0.143. The quantitative estimate of drug-likeness (QED) is 0.0321. The second kappa shape index (κ2) is 59.9. The zero-order valence-electron chi connectivity index (χ0n) is 47.3. The number of aliphatic hydroxyl groups excluding tert-OH is 2. The maximum absolute atomic E-state index is 12.5. The standard InChI is InChI=1S/C64H123NO5/c1-3-5-7-9-11-13-15-17-18-31-34-38-42-46-50-54-58-64(69)70-59-55-51-47-43-39-35-32-29-27-25-23-21-19-20-22-24-26-28-30-33-37-41-45-49-53-57-63(68)65-61(60-66)62(67)56-52-48-44-40-36-16-14-12-10-8-6-4-2/h20-23,61-62,66-67H,3-19,24-60H2,1-2H3,(H,65,68)/b22-20-,23-21-. The molecule has 0 saturated heterocycles. The van der Waals surface area contributed by atoms with Crippen LogP contribution in [0.1, 0.15) is 348 Å². The zero-order chi connectivity index (χ0) is 50.7. The van der Waals surface area contributed by atoms with Gasteiger partial charge in [-0.2, -0.15) is 0 Å². The Bertz CT molecular complexity index is 1090. The number of allylic oxidation sites excluding steroid dienone is 4. The number of carbonyl (C=O) groups excluding carboxylic acids is 2. The Balaban J connectivity index is 3.40.